The number of carbonyl (C=O) groups is 1. The zero-order valence-electron chi connectivity index (χ0n) is 10.9. The summed E-state index contributed by atoms with van der Waals surface area (Å²) in [5.41, 5.74) is 0.325. The van der Waals surface area contributed by atoms with E-state index in [0.717, 1.165) is 6.07 Å². The molecule has 2 rings (SSSR count). The number of carbonyl (C=O) groups excluding carboxylic acids is 1. The van der Waals surface area contributed by atoms with Crippen LogP contribution in [0.2, 0.25) is 10.0 Å². The van der Waals surface area contributed by atoms with E-state index < -0.39 is 10.9 Å². The summed E-state index contributed by atoms with van der Waals surface area (Å²) in [6, 6.07) is 9.88. The van der Waals surface area contributed by atoms with E-state index in [1.165, 1.54) is 30.5 Å². The van der Waals surface area contributed by atoms with Gasteiger partial charge in [0.1, 0.15) is 0 Å². The van der Waals surface area contributed by atoms with Gasteiger partial charge in [0.05, 0.1) is 21.7 Å². The van der Waals surface area contributed by atoms with Crippen molar-refractivity contribution < 1.29 is 14.6 Å². The number of hydrogen-bond donors (Lipinski definition) is 0. The molecule has 0 amide bonds. The molecule has 0 spiro atoms. The van der Waals surface area contributed by atoms with Crippen LogP contribution in [0.25, 0.3) is 0 Å². The fourth-order valence-electron chi connectivity index (χ4n) is 1.54. The van der Waals surface area contributed by atoms with Gasteiger partial charge in [-0.2, -0.15) is 0 Å². The zero-order chi connectivity index (χ0) is 16.1. The molecule has 6 nitrogen and oxygen atoms in total. The highest BCUT2D eigenvalue weighted by Gasteiger charge is 2.12. The fraction of sp³-hybridized carbons (Fsp3) is 0. The lowest BCUT2D eigenvalue weighted by atomic mass is 10.2. The molecule has 0 heterocycles. The van der Waals surface area contributed by atoms with Crippen molar-refractivity contribution in [1.82, 2.24) is 0 Å². The van der Waals surface area contributed by atoms with Gasteiger partial charge in [-0.05, 0) is 18.2 Å². The quantitative estimate of drug-likeness (QED) is 0.363. The Balaban J connectivity index is 2.08. The number of nitro groups is 1. The molecular weight excluding hydrogens is 331 g/mol. The van der Waals surface area contributed by atoms with Crippen molar-refractivity contribution in [3.8, 4) is 0 Å². The van der Waals surface area contributed by atoms with Gasteiger partial charge in [0.25, 0.3) is 5.69 Å². The minimum atomic E-state index is -0.815. The molecule has 0 N–H and O–H groups in total. The van der Waals surface area contributed by atoms with Crippen LogP contribution in [0.4, 0.5) is 5.69 Å². The highest BCUT2D eigenvalue weighted by Crippen LogP contribution is 2.19. The highest BCUT2D eigenvalue weighted by molar-refractivity contribution is 6.36. The maximum atomic E-state index is 11.7. The minimum Gasteiger partial charge on any atom is -0.313 e. The molecular formula is C14H8Cl2N2O4. The molecule has 0 fully saturated rings. The second-order valence-corrected chi connectivity index (χ2v) is 4.93. The second-order valence-electron chi connectivity index (χ2n) is 4.09. The van der Waals surface area contributed by atoms with Gasteiger partial charge in [-0.15, -0.1) is 0 Å². The van der Waals surface area contributed by atoms with Crippen LogP contribution in [0.1, 0.15) is 15.9 Å². The largest absolute Gasteiger partial charge is 0.365 e. The lowest BCUT2D eigenvalue weighted by Crippen LogP contribution is -2.02. The Morgan fingerprint density at radius 3 is 2.68 bits per heavy atom. The van der Waals surface area contributed by atoms with Crippen LogP contribution in [-0.2, 0) is 4.84 Å². The van der Waals surface area contributed by atoms with Crippen LogP contribution in [0.5, 0.6) is 0 Å². The van der Waals surface area contributed by atoms with E-state index in [1.54, 1.807) is 12.1 Å². The summed E-state index contributed by atoms with van der Waals surface area (Å²) in [6.07, 6.45) is 1.24. The van der Waals surface area contributed by atoms with Crippen LogP contribution >= 0.6 is 23.2 Å². The number of benzene rings is 2. The van der Waals surface area contributed by atoms with Crippen molar-refractivity contribution in [1.29, 1.82) is 0 Å². The van der Waals surface area contributed by atoms with Gasteiger partial charge in [0.2, 0.25) is 0 Å². The SMILES string of the molecule is O=C(ON=Cc1ccc(Cl)cc1Cl)c1cccc([N+](=O)[O-])c1. The Hall–Kier alpha value is -2.44. The molecule has 22 heavy (non-hydrogen) atoms. The molecule has 0 saturated heterocycles. The van der Waals surface area contributed by atoms with Gasteiger partial charge >= 0.3 is 5.97 Å². The van der Waals surface area contributed by atoms with Crippen molar-refractivity contribution >= 4 is 41.1 Å². The summed E-state index contributed by atoms with van der Waals surface area (Å²) < 4.78 is 0. The molecule has 2 aromatic rings. The van der Waals surface area contributed by atoms with Crippen molar-refractivity contribution in [2.75, 3.05) is 0 Å². The Kier molecular flexibility index (Phi) is 5.08. The molecule has 2 aromatic carbocycles. The van der Waals surface area contributed by atoms with Crippen LogP contribution < -0.4 is 0 Å². The maximum absolute atomic E-state index is 11.7. The average molecular weight is 339 g/mol. The number of oxime groups is 1. The van der Waals surface area contributed by atoms with E-state index >= 15 is 0 Å². The Morgan fingerprint density at radius 1 is 1.23 bits per heavy atom. The number of halogens is 2. The van der Waals surface area contributed by atoms with Crippen LogP contribution in [0.3, 0.4) is 0 Å². The summed E-state index contributed by atoms with van der Waals surface area (Å²) >= 11 is 11.7. The summed E-state index contributed by atoms with van der Waals surface area (Å²) in [4.78, 5) is 26.4. The molecule has 0 saturated carbocycles. The number of rotatable bonds is 4. The van der Waals surface area contributed by atoms with E-state index in [2.05, 4.69) is 9.99 Å². The van der Waals surface area contributed by atoms with Crippen LogP contribution in [0, 0.1) is 10.1 Å². The molecule has 8 heteroatoms. The minimum absolute atomic E-state index is 0.0218. The summed E-state index contributed by atoms with van der Waals surface area (Å²) in [5.74, 6) is -0.815. The van der Waals surface area contributed by atoms with Crippen molar-refractivity contribution in [3.05, 3.63) is 73.8 Å². The number of hydrogen-bond acceptors (Lipinski definition) is 5. The molecule has 0 aliphatic heterocycles. The molecule has 112 valence electrons. The van der Waals surface area contributed by atoms with Gasteiger partial charge in [-0.3, -0.25) is 10.1 Å². The molecule has 0 aromatic heterocycles. The molecule has 0 aliphatic rings. The third-order valence-electron chi connectivity index (χ3n) is 2.58. The number of nitro benzene ring substituents is 1. The fourth-order valence-corrected chi connectivity index (χ4v) is 1.99. The van der Waals surface area contributed by atoms with Crippen molar-refractivity contribution in [3.63, 3.8) is 0 Å². The van der Waals surface area contributed by atoms with Crippen LogP contribution in [-0.4, -0.2) is 17.1 Å². The number of non-ortho nitro benzene ring substituents is 1. The summed E-state index contributed by atoms with van der Waals surface area (Å²) in [5, 5.41) is 15.0. The first-order chi connectivity index (χ1) is 10.5. The molecule has 0 unspecified atom stereocenters. The van der Waals surface area contributed by atoms with Crippen molar-refractivity contribution in [2.45, 2.75) is 0 Å². The molecule has 0 radical (unpaired) electrons. The molecule has 0 bridgehead atoms. The zero-order valence-corrected chi connectivity index (χ0v) is 12.4. The summed E-state index contributed by atoms with van der Waals surface area (Å²) in [6.45, 7) is 0. The first-order valence-corrected chi connectivity index (χ1v) is 6.67. The van der Waals surface area contributed by atoms with Crippen molar-refractivity contribution in [2.24, 2.45) is 5.16 Å². The van der Waals surface area contributed by atoms with Gasteiger partial charge in [-0.1, -0.05) is 40.5 Å². The van der Waals surface area contributed by atoms with Gasteiger partial charge < -0.3 is 4.84 Å². The Morgan fingerprint density at radius 2 is 2.00 bits per heavy atom. The first kappa shape index (κ1) is 15.9. The standard InChI is InChI=1S/C14H8Cl2N2O4/c15-11-5-4-10(13(16)7-11)8-17-22-14(19)9-2-1-3-12(6-9)18(20)21/h1-8H. The van der Waals surface area contributed by atoms with E-state index in [0.29, 0.717) is 15.6 Å². The average Bonchev–Trinajstić information content (AvgIpc) is 2.49. The van der Waals surface area contributed by atoms with Gasteiger partial charge in [-0.25, -0.2) is 4.79 Å². The number of nitrogens with zero attached hydrogens (tertiary/aromatic N) is 2. The van der Waals surface area contributed by atoms with Crippen LogP contribution in [0.15, 0.2) is 47.6 Å². The predicted molar refractivity (Wildman–Crippen MR) is 82.6 cm³/mol. The Labute approximate surface area is 135 Å². The third kappa shape index (κ3) is 4.03. The lowest BCUT2D eigenvalue weighted by molar-refractivity contribution is -0.384. The molecule has 0 aliphatic carbocycles. The first-order valence-electron chi connectivity index (χ1n) is 5.91. The van der Waals surface area contributed by atoms with Gasteiger partial charge in [0, 0.05) is 22.7 Å². The molecule has 0 atom stereocenters. The van der Waals surface area contributed by atoms with E-state index in [1.807, 2.05) is 0 Å². The monoisotopic (exact) mass is 338 g/mol. The van der Waals surface area contributed by atoms with Gasteiger partial charge in [0.15, 0.2) is 0 Å². The topological polar surface area (TPSA) is 81.8 Å². The third-order valence-corrected chi connectivity index (χ3v) is 3.15. The predicted octanol–water partition coefficient (Wildman–Crippen LogP) is 4.09. The summed E-state index contributed by atoms with van der Waals surface area (Å²) in [7, 11) is 0. The maximum Gasteiger partial charge on any atom is 0.365 e. The van der Waals surface area contributed by atoms with E-state index in [-0.39, 0.29) is 11.3 Å². The second kappa shape index (κ2) is 7.02. The van der Waals surface area contributed by atoms with E-state index in [9.17, 15) is 14.9 Å². The smallest absolute Gasteiger partial charge is 0.313 e. The highest BCUT2D eigenvalue weighted by atomic mass is 35.5. The normalized spacial score (nSPS) is 10.6. The lowest BCUT2D eigenvalue weighted by Gasteiger charge is -1.99. The Bertz CT molecular complexity index is 762. The van der Waals surface area contributed by atoms with E-state index in [4.69, 9.17) is 23.2 Å².